The lowest BCUT2D eigenvalue weighted by Gasteiger charge is -2.07. The lowest BCUT2D eigenvalue weighted by Crippen LogP contribution is -1.97. The van der Waals surface area contributed by atoms with Gasteiger partial charge in [0.05, 0.1) is 4.92 Å². The Morgan fingerprint density at radius 1 is 1.21 bits per heavy atom. The molecule has 0 aromatic heterocycles. The van der Waals surface area contributed by atoms with Crippen LogP contribution in [0, 0.1) is 15.9 Å². The van der Waals surface area contributed by atoms with Gasteiger partial charge in [0.1, 0.15) is 5.75 Å². The Morgan fingerprint density at radius 2 is 1.89 bits per heavy atom. The van der Waals surface area contributed by atoms with Crippen molar-refractivity contribution in [2.45, 2.75) is 6.54 Å². The quantitative estimate of drug-likeness (QED) is 0.678. The first-order chi connectivity index (χ1) is 9.11. The van der Waals surface area contributed by atoms with Crippen LogP contribution >= 0.6 is 0 Å². The van der Waals surface area contributed by atoms with E-state index in [-0.39, 0.29) is 5.75 Å². The molecule has 0 radical (unpaired) electrons. The van der Waals surface area contributed by atoms with Crippen LogP contribution in [0.5, 0.6) is 11.5 Å². The summed E-state index contributed by atoms with van der Waals surface area (Å²) in [5.41, 5.74) is 5.68. The molecule has 0 aliphatic heterocycles. The maximum Gasteiger partial charge on any atom is 0.346 e. The maximum atomic E-state index is 13.4. The van der Waals surface area contributed by atoms with Crippen LogP contribution in [-0.2, 0) is 6.54 Å². The van der Waals surface area contributed by atoms with Crippen molar-refractivity contribution in [2.75, 3.05) is 0 Å². The van der Waals surface area contributed by atoms with E-state index in [4.69, 9.17) is 10.5 Å². The van der Waals surface area contributed by atoms with Gasteiger partial charge in [-0.05, 0) is 29.8 Å². The largest absolute Gasteiger partial charge is 0.450 e. The number of nitro groups is 1. The number of nitrogens with two attached hydrogens (primary N) is 1. The van der Waals surface area contributed by atoms with Crippen molar-refractivity contribution in [2.24, 2.45) is 5.73 Å². The number of ether oxygens (including phenoxy) is 1. The smallest absolute Gasteiger partial charge is 0.346 e. The zero-order chi connectivity index (χ0) is 13.8. The third-order valence-corrected chi connectivity index (χ3v) is 2.52. The third-order valence-electron chi connectivity index (χ3n) is 2.52. The SMILES string of the molecule is NCc1ccc(Oc2cccc(F)c2[N+](=O)[O-])cc1. The van der Waals surface area contributed by atoms with Gasteiger partial charge in [0.15, 0.2) is 0 Å². The van der Waals surface area contributed by atoms with Crippen LogP contribution in [0.15, 0.2) is 42.5 Å². The average Bonchev–Trinajstić information content (AvgIpc) is 2.39. The normalized spacial score (nSPS) is 10.2. The van der Waals surface area contributed by atoms with E-state index in [1.807, 2.05) is 0 Å². The first kappa shape index (κ1) is 13.0. The molecule has 0 amide bonds. The molecule has 0 saturated heterocycles. The highest BCUT2D eigenvalue weighted by atomic mass is 19.1. The summed E-state index contributed by atoms with van der Waals surface area (Å²) in [5.74, 6) is -0.683. The minimum atomic E-state index is -0.930. The zero-order valence-electron chi connectivity index (χ0n) is 9.88. The second-order valence-electron chi connectivity index (χ2n) is 3.79. The van der Waals surface area contributed by atoms with E-state index in [2.05, 4.69) is 0 Å². The van der Waals surface area contributed by atoms with E-state index >= 15 is 0 Å². The Labute approximate surface area is 108 Å². The van der Waals surface area contributed by atoms with Crippen molar-refractivity contribution in [1.29, 1.82) is 0 Å². The van der Waals surface area contributed by atoms with Crippen molar-refractivity contribution in [3.8, 4) is 11.5 Å². The Hall–Kier alpha value is -2.47. The fraction of sp³-hybridized carbons (Fsp3) is 0.0769. The summed E-state index contributed by atoms with van der Waals surface area (Å²) < 4.78 is 18.7. The fourth-order valence-corrected chi connectivity index (χ4v) is 1.58. The summed E-state index contributed by atoms with van der Waals surface area (Å²) >= 11 is 0. The van der Waals surface area contributed by atoms with Crippen molar-refractivity contribution in [3.05, 3.63) is 64.0 Å². The predicted octanol–water partition coefficient (Wildman–Crippen LogP) is 2.98. The molecule has 19 heavy (non-hydrogen) atoms. The number of rotatable bonds is 4. The van der Waals surface area contributed by atoms with Gasteiger partial charge in [-0.2, -0.15) is 4.39 Å². The second kappa shape index (κ2) is 5.45. The molecule has 0 aliphatic carbocycles. The molecule has 0 heterocycles. The van der Waals surface area contributed by atoms with Gasteiger partial charge < -0.3 is 10.5 Å². The lowest BCUT2D eigenvalue weighted by molar-refractivity contribution is -0.388. The van der Waals surface area contributed by atoms with Crippen molar-refractivity contribution < 1.29 is 14.1 Å². The molecule has 2 rings (SSSR count). The van der Waals surface area contributed by atoms with Crippen LogP contribution in [0.1, 0.15) is 5.56 Å². The summed E-state index contributed by atoms with van der Waals surface area (Å²) in [5, 5.41) is 10.8. The summed E-state index contributed by atoms with van der Waals surface area (Å²) in [6.45, 7) is 0.389. The molecule has 0 fully saturated rings. The highest BCUT2D eigenvalue weighted by Crippen LogP contribution is 2.33. The summed E-state index contributed by atoms with van der Waals surface area (Å²) in [4.78, 5) is 10.00. The van der Waals surface area contributed by atoms with E-state index in [1.54, 1.807) is 24.3 Å². The molecular weight excluding hydrogens is 251 g/mol. The van der Waals surface area contributed by atoms with Gasteiger partial charge in [0.2, 0.25) is 11.6 Å². The minimum absolute atomic E-state index is 0.134. The number of benzene rings is 2. The van der Waals surface area contributed by atoms with Gasteiger partial charge in [0.25, 0.3) is 0 Å². The molecule has 2 aromatic carbocycles. The molecule has 0 aliphatic rings. The highest BCUT2D eigenvalue weighted by molar-refractivity contribution is 5.49. The first-order valence-electron chi connectivity index (χ1n) is 5.51. The Bertz CT molecular complexity index is 599. The number of hydrogen-bond donors (Lipinski definition) is 1. The lowest BCUT2D eigenvalue weighted by atomic mass is 10.2. The number of para-hydroxylation sites is 1. The highest BCUT2D eigenvalue weighted by Gasteiger charge is 2.21. The molecule has 5 nitrogen and oxygen atoms in total. The standard InChI is InChI=1S/C13H11FN2O3/c14-11-2-1-3-12(13(11)16(17)18)19-10-6-4-9(8-15)5-7-10/h1-7H,8,15H2. The molecule has 0 saturated carbocycles. The molecule has 2 aromatic rings. The van der Waals surface area contributed by atoms with Gasteiger partial charge in [-0.3, -0.25) is 10.1 Å². The predicted molar refractivity (Wildman–Crippen MR) is 67.5 cm³/mol. The average molecular weight is 262 g/mol. The monoisotopic (exact) mass is 262 g/mol. The maximum absolute atomic E-state index is 13.4. The van der Waals surface area contributed by atoms with Crippen LogP contribution in [0.4, 0.5) is 10.1 Å². The zero-order valence-corrected chi connectivity index (χ0v) is 9.88. The van der Waals surface area contributed by atoms with Crippen molar-refractivity contribution >= 4 is 5.69 Å². The summed E-state index contributed by atoms with van der Waals surface area (Å²) in [6.07, 6.45) is 0. The van der Waals surface area contributed by atoms with Gasteiger partial charge in [0, 0.05) is 6.54 Å². The molecule has 0 atom stereocenters. The fourth-order valence-electron chi connectivity index (χ4n) is 1.58. The first-order valence-corrected chi connectivity index (χ1v) is 5.51. The van der Waals surface area contributed by atoms with Gasteiger partial charge in [-0.25, -0.2) is 0 Å². The Balaban J connectivity index is 2.32. The number of nitrogens with zero attached hydrogens (tertiary/aromatic N) is 1. The van der Waals surface area contributed by atoms with Crippen molar-refractivity contribution in [3.63, 3.8) is 0 Å². The minimum Gasteiger partial charge on any atom is -0.450 e. The Kier molecular flexibility index (Phi) is 3.72. The van der Waals surface area contributed by atoms with Crippen LogP contribution < -0.4 is 10.5 Å². The summed E-state index contributed by atoms with van der Waals surface area (Å²) in [7, 11) is 0. The van der Waals surface area contributed by atoms with Gasteiger partial charge in [-0.1, -0.05) is 18.2 Å². The molecule has 98 valence electrons. The Morgan fingerprint density at radius 3 is 2.47 bits per heavy atom. The van der Waals surface area contributed by atoms with Crippen LogP contribution in [0.2, 0.25) is 0 Å². The molecule has 2 N–H and O–H groups in total. The van der Waals surface area contributed by atoms with Crippen LogP contribution in [0.25, 0.3) is 0 Å². The molecule has 0 unspecified atom stereocenters. The molecule has 0 spiro atoms. The number of nitro benzene ring substituents is 1. The molecule has 0 bridgehead atoms. The summed E-state index contributed by atoms with van der Waals surface area (Å²) in [6, 6.07) is 10.4. The van der Waals surface area contributed by atoms with Gasteiger partial charge >= 0.3 is 5.69 Å². The van der Waals surface area contributed by atoms with E-state index in [0.717, 1.165) is 11.6 Å². The van der Waals surface area contributed by atoms with E-state index in [1.165, 1.54) is 12.1 Å². The second-order valence-corrected chi connectivity index (χ2v) is 3.79. The van der Waals surface area contributed by atoms with Gasteiger partial charge in [-0.15, -0.1) is 0 Å². The topological polar surface area (TPSA) is 78.4 Å². The molecule has 6 heteroatoms. The van der Waals surface area contributed by atoms with Crippen molar-refractivity contribution in [1.82, 2.24) is 0 Å². The van der Waals surface area contributed by atoms with E-state index in [9.17, 15) is 14.5 Å². The van der Waals surface area contributed by atoms with Crippen LogP contribution in [0.3, 0.4) is 0 Å². The van der Waals surface area contributed by atoms with E-state index < -0.39 is 16.4 Å². The van der Waals surface area contributed by atoms with E-state index in [0.29, 0.717) is 12.3 Å². The number of hydrogen-bond acceptors (Lipinski definition) is 4. The third kappa shape index (κ3) is 2.86. The number of halogens is 1. The van der Waals surface area contributed by atoms with Crippen LogP contribution in [-0.4, -0.2) is 4.92 Å². The molecular formula is C13H11FN2O3.